The van der Waals surface area contributed by atoms with Crippen molar-refractivity contribution in [2.24, 2.45) is 5.84 Å². The van der Waals surface area contributed by atoms with E-state index in [-0.39, 0.29) is 0 Å². The lowest BCUT2D eigenvalue weighted by molar-refractivity contribution is 1.11. The molecule has 5 heteroatoms. The molecule has 0 atom stereocenters. The summed E-state index contributed by atoms with van der Waals surface area (Å²) in [6.07, 6.45) is 0. The number of nitrogens with two attached hydrogens (primary N) is 1. The number of nitrogen functional groups attached to an aromatic ring is 1. The summed E-state index contributed by atoms with van der Waals surface area (Å²) in [6.45, 7) is 0. The number of halogens is 1. The number of aromatic nitrogens is 1. The zero-order valence-corrected chi connectivity index (χ0v) is 10.8. The average Bonchev–Trinajstić information content (AvgIpc) is 2.29. The summed E-state index contributed by atoms with van der Waals surface area (Å²) in [5, 5.41) is 0.911. The topological polar surface area (TPSA) is 50.9 Å². The minimum absolute atomic E-state index is 0.667. The molecule has 0 aliphatic carbocycles. The Morgan fingerprint density at radius 2 is 2.00 bits per heavy atom. The molecule has 0 spiro atoms. The van der Waals surface area contributed by atoms with Crippen LogP contribution in [-0.4, -0.2) is 4.98 Å². The molecule has 0 bridgehead atoms. The Bertz CT molecular complexity index is 490. The van der Waals surface area contributed by atoms with Gasteiger partial charge in [-0.1, -0.05) is 39.8 Å². The molecule has 1 aromatic heterocycles. The van der Waals surface area contributed by atoms with Crippen molar-refractivity contribution in [3.05, 3.63) is 46.9 Å². The van der Waals surface area contributed by atoms with Crippen molar-refractivity contribution in [3.63, 3.8) is 0 Å². The molecule has 0 fully saturated rings. The second-order valence-electron chi connectivity index (χ2n) is 3.06. The number of pyridine rings is 1. The number of hydrazine groups is 1. The summed E-state index contributed by atoms with van der Waals surface area (Å²) >= 11 is 5.03. The van der Waals surface area contributed by atoms with Crippen molar-refractivity contribution >= 4 is 33.5 Å². The van der Waals surface area contributed by atoms with E-state index in [0.717, 1.165) is 14.4 Å². The Labute approximate surface area is 107 Å². The molecule has 0 aliphatic rings. The Morgan fingerprint density at radius 3 is 2.75 bits per heavy atom. The quantitative estimate of drug-likeness (QED) is 0.674. The van der Waals surface area contributed by atoms with Gasteiger partial charge >= 0.3 is 0 Å². The van der Waals surface area contributed by atoms with Gasteiger partial charge in [-0.2, -0.15) is 0 Å². The van der Waals surface area contributed by atoms with Gasteiger partial charge in [0.25, 0.3) is 0 Å². The SMILES string of the molecule is NNc1cccc(Sc2cccc(Br)c2)n1. The van der Waals surface area contributed by atoms with Crippen molar-refractivity contribution in [2.75, 3.05) is 5.43 Å². The first-order valence-corrected chi connectivity index (χ1v) is 6.26. The van der Waals surface area contributed by atoms with Gasteiger partial charge in [-0.05, 0) is 30.3 Å². The zero-order valence-electron chi connectivity index (χ0n) is 8.35. The van der Waals surface area contributed by atoms with E-state index >= 15 is 0 Å². The van der Waals surface area contributed by atoms with Crippen LogP contribution in [0.15, 0.2) is 56.9 Å². The van der Waals surface area contributed by atoms with Crippen LogP contribution in [0.5, 0.6) is 0 Å². The van der Waals surface area contributed by atoms with Crippen molar-refractivity contribution in [1.82, 2.24) is 4.98 Å². The number of anilines is 1. The van der Waals surface area contributed by atoms with Gasteiger partial charge in [-0.15, -0.1) is 0 Å². The highest BCUT2D eigenvalue weighted by molar-refractivity contribution is 9.10. The van der Waals surface area contributed by atoms with Crippen molar-refractivity contribution in [1.29, 1.82) is 0 Å². The van der Waals surface area contributed by atoms with E-state index in [1.807, 2.05) is 36.4 Å². The van der Waals surface area contributed by atoms with Crippen LogP contribution in [0, 0.1) is 0 Å². The molecule has 3 N–H and O–H groups in total. The molecule has 0 amide bonds. The first-order chi connectivity index (χ1) is 7.78. The standard InChI is InChI=1S/C11H10BrN3S/c12-8-3-1-4-9(7-8)16-11-6-2-5-10(14-11)15-13/h1-7H,13H2,(H,14,15). The zero-order chi connectivity index (χ0) is 11.4. The molecule has 1 heterocycles. The molecular formula is C11H10BrN3S. The summed E-state index contributed by atoms with van der Waals surface area (Å²) in [5.74, 6) is 5.97. The van der Waals surface area contributed by atoms with E-state index in [2.05, 4.69) is 32.4 Å². The fourth-order valence-electron chi connectivity index (χ4n) is 1.20. The second kappa shape index (κ2) is 5.34. The van der Waals surface area contributed by atoms with Crippen molar-refractivity contribution in [3.8, 4) is 0 Å². The number of rotatable bonds is 3. The van der Waals surface area contributed by atoms with Gasteiger partial charge in [0.1, 0.15) is 10.8 Å². The molecule has 0 saturated carbocycles. The minimum Gasteiger partial charge on any atom is -0.308 e. The molecule has 0 aliphatic heterocycles. The lowest BCUT2D eigenvalue weighted by Crippen LogP contribution is -2.08. The largest absolute Gasteiger partial charge is 0.308 e. The fourth-order valence-corrected chi connectivity index (χ4v) is 2.62. The van der Waals surface area contributed by atoms with Crippen LogP contribution in [-0.2, 0) is 0 Å². The normalized spacial score (nSPS) is 10.1. The third kappa shape index (κ3) is 2.98. The molecule has 1 aromatic carbocycles. The lowest BCUT2D eigenvalue weighted by Gasteiger charge is -2.03. The Morgan fingerprint density at radius 1 is 1.19 bits per heavy atom. The first-order valence-electron chi connectivity index (χ1n) is 4.65. The van der Waals surface area contributed by atoms with E-state index in [1.54, 1.807) is 11.8 Å². The lowest BCUT2D eigenvalue weighted by atomic mass is 10.4. The van der Waals surface area contributed by atoms with Crippen LogP contribution in [0.2, 0.25) is 0 Å². The Kier molecular flexibility index (Phi) is 3.82. The number of benzene rings is 1. The number of nitrogens with zero attached hydrogens (tertiary/aromatic N) is 1. The highest BCUT2D eigenvalue weighted by Gasteiger charge is 2.00. The van der Waals surface area contributed by atoms with E-state index < -0.39 is 0 Å². The molecule has 2 aromatic rings. The Balaban J connectivity index is 2.20. The van der Waals surface area contributed by atoms with Gasteiger partial charge in [-0.25, -0.2) is 10.8 Å². The highest BCUT2D eigenvalue weighted by atomic mass is 79.9. The van der Waals surface area contributed by atoms with E-state index in [1.165, 1.54) is 0 Å². The van der Waals surface area contributed by atoms with E-state index in [9.17, 15) is 0 Å². The summed E-state index contributed by atoms with van der Waals surface area (Å²) in [7, 11) is 0. The van der Waals surface area contributed by atoms with Gasteiger partial charge in [0.2, 0.25) is 0 Å². The molecule has 0 radical (unpaired) electrons. The van der Waals surface area contributed by atoms with E-state index in [0.29, 0.717) is 5.82 Å². The summed E-state index contributed by atoms with van der Waals surface area (Å²) in [5.41, 5.74) is 2.53. The molecule has 16 heavy (non-hydrogen) atoms. The van der Waals surface area contributed by atoms with Gasteiger partial charge in [0.15, 0.2) is 0 Å². The second-order valence-corrected chi connectivity index (χ2v) is 5.07. The smallest absolute Gasteiger partial charge is 0.141 e. The molecule has 82 valence electrons. The minimum atomic E-state index is 0.667. The van der Waals surface area contributed by atoms with Gasteiger partial charge < -0.3 is 5.43 Å². The predicted octanol–water partition coefficient (Wildman–Crippen LogP) is 3.28. The van der Waals surface area contributed by atoms with Gasteiger partial charge in [0.05, 0.1) is 0 Å². The predicted molar refractivity (Wildman–Crippen MR) is 70.3 cm³/mol. The van der Waals surface area contributed by atoms with Crippen LogP contribution in [0.1, 0.15) is 0 Å². The number of nitrogens with one attached hydrogen (secondary N) is 1. The third-order valence-electron chi connectivity index (χ3n) is 1.89. The Hall–Kier alpha value is -1.04. The molecule has 2 rings (SSSR count). The van der Waals surface area contributed by atoms with Crippen molar-refractivity contribution < 1.29 is 0 Å². The summed E-state index contributed by atoms with van der Waals surface area (Å²) < 4.78 is 1.06. The average molecular weight is 296 g/mol. The fraction of sp³-hybridized carbons (Fsp3) is 0. The maximum atomic E-state index is 5.31. The third-order valence-corrected chi connectivity index (χ3v) is 3.31. The number of hydrogen-bond acceptors (Lipinski definition) is 4. The van der Waals surface area contributed by atoms with Crippen LogP contribution in [0.4, 0.5) is 5.82 Å². The van der Waals surface area contributed by atoms with E-state index in [4.69, 9.17) is 5.84 Å². The molecule has 3 nitrogen and oxygen atoms in total. The van der Waals surface area contributed by atoms with Crippen LogP contribution in [0.25, 0.3) is 0 Å². The number of hydrogen-bond donors (Lipinski definition) is 2. The maximum Gasteiger partial charge on any atom is 0.141 e. The monoisotopic (exact) mass is 295 g/mol. The molecular weight excluding hydrogens is 286 g/mol. The maximum absolute atomic E-state index is 5.31. The molecule has 0 unspecified atom stereocenters. The van der Waals surface area contributed by atoms with Crippen LogP contribution >= 0.6 is 27.7 Å². The summed E-state index contributed by atoms with van der Waals surface area (Å²) in [6, 6.07) is 13.8. The first kappa shape index (κ1) is 11.4. The van der Waals surface area contributed by atoms with Gasteiger partial charge in [0, 0.05) is 9.37 Å². The van der Waals surface area contributed by atoms with Crippen LogP contribution < -0.4 is 11.3 Å². The summed E-state index contributed by atoms with van der Waals surface area (Å²) in [4.78, 5) is 5.46. The highest BCUT2D eigenvalue weighted by Crippen LogP contribution is 2.28. The molecule has 0 saturated heterocycles. The van der Waals surface area contributed by atoms with Crippen LogP contribution in [0.3, 0.4) is 0 Å². The van der Waals surface area contributed by atoms with Crippen molar-refractivity contribution in [2.45, 2.75) is 9.92 Å². The van der Waals surface area contributed by atoms with Gasteiger partial charge in [-0.3, -0.25) is 0 Å².